The fraction of sp³-hybridized carbons (Fsp3) is 0.500. The number of carbonyl (C=O) groups is 2. The Balaban J connectivity index is 2.88. The van der Waals surface area contributed by atoms with Crippen LogP contribution >= 0.6 is 0 Å². The number of methoxy groups -OCH3 is 1. The summed E-state index contributed by atoms with van der Waals surface area (Å²) in [5, 5.41) is 0. The summed E-state index contributed by atoms with van der Waals surface area (Å²) in [6.45, 7) is 7.39. The summed E-state index contributed by atoms with van der Waals surface area (Å²) < 4.78 is 10.1. The molecule has 110 valence electrons. The largest absolute Gasteiger partial charge is 0.469 e. The number of rotatable bonds is 4. The van der Waals surface area contributed by atoms with Crippen LogP contribution in [0.1, 0.15) is 56.0 Å². The molecular formula is C16H22O4. The first-order chi connectivity index (χ1) is 9.28. The summed E-state index contributed by atoms with van der Waals surface area (Å²) in [4.78, 5) is 23.5. The summed E-state index contributed by atoms with van der Waals surface area (Å²) in [5.41, 5.74) is 0.795. The Hall–Kier alpha value is -1.84. The van der Waals surface area contributed by atoms with Gasteiger partial charge in [0.05, 0.1) is 18.6 Å². The van der Waals surface area contributed by atoms with Crippen molar-refractivity contribution >= 4 is 11.9 Å². The molecule has 0 radical (unpaired) electrons. The minimum atomic E-state index is -0.520. The molecule has 0 amide bonds. The maximum absolute atomic E-state index is 11.9. The molecule has 0 saturated carbocycles. The van der Waals surface area contributed by atoms with E-state index in [1.807, 2.05) is 27.7 Å². The van der Waals surface area contributed by atoms with Gasteiger partial charge in [0.2, 0.25) is 0 Å². The summed E-state index contributed by atoms with van der Waals surface area (Å²) >= 11 is 0. The SMILES string of the molecule is CCC(C(=O)OC)c1ccc(C(=O)OC(C)(C)C)cc1. The molecule has 0 N–H and O–H groups in total. The molecule has 0 heterocycles. The number of hydrogen-bond donors (Lipinski definition) is 0. The molecule has 0 spiro atoms. The van der Waals surface area contributed by atoms with E-state index in [0.717, 1.165) is 5.56 Å². The van der Waals surface area contributed by atoms with Crippen molar-refractivity contribution < 1.29 is 19.1 Å². The highest BCUT2D eigenvalue weighted by Crippen LogP contribution is 2.22. The fourth-order valence-electron chi connectivity index (χ4n) is 1.87. The quantitative estimate of drug-likeness (QED) is 0.793. The van der Waals surface area contributed by atoms with Crippen molar-refractivity contribution in [2.75, 3.05) is 7.11 Å². The van der Waals surface area contributed by atoms with Gasteiger partial charge in [-0.2, -0.15) is 0 Å². The standard InChI is InChI=1S/C16H22O4/c1-6-13(15(18)19-5)11-7-9-12(10-8-11)14(17)20-16(2,3)4/h7-10,13H,6H2,1-5H3. The molecule has 1 unspecified atom stereocenters. The first-order valence-corrected chi connectivity index (χ1v) is 6.69. The average molecular weight is 278 g/mol. The maximum atomic E-state index is 11.9. The zero-order valence-electron chi connectivity index (χ0n) is 12.7. The van der Waals surface area contributed by atoms with E-state index in [1.165, 1.54) is 7.11 Å². The van der Waals surface area contributed by atoms with Crippen LogP contribution in [-0.4, -0.2) is 24.6 Å². The molecule has 1 aromatic carbocycles. The third-order valence-electron chi connectivity index (χ3n) is 2.84. The molecule has 1 aromatic rings. The topological polar surface area (TPSA) is 52.6 Å². The number of ether oxygens (including phenoxy) is 2. The molecule has 0 bridgehead atoms. The van der Waals surface area contributed by atoms with Gasteiger partial charge in [-0.25, -0.2) is 4.79 Å². The van der Waals surface area contributed by atoms with E-state index in [4.69, 9.17) is 9.47 Å². The average Bonchev–Trinajstić information content (AvgIpc) is 2.38. The van der Waals surface area contributed by atoms with Crippen molar-refractivity contribution in [3.63, 3.8) is 0 Å². The van der Waals surface area contributed by atoms with Crippen LogP contribution in [-0.2, 0) is 14.3 Å². The highest BCUT2D eigenvalue weighted by atomic mass is 16.6. The molecular weight excluding hydrogens is 256 g/mol. The minimum Gasteiger partial charge on any atom is -0.469 e. The molecule has 0 aromatic heterocycles. The number of carbonyl (C=O) groups excluding carboxylic acids is 2. The summed E-state index contributed by atoms with van der Waals surface area (Å²) in [7, 11) is 1.38. The molecule has 20 heavy (non-hydrogen) atoms. The Morgan fingerprint density at radius 2 is 1.70 bits per heavy atom. The first-order valence-electron chi connectivity index (χ1n) is 6.69. The molecule has 0 aliphatic rings. The maximum Gasteiger partial charge on any atom is 0.338 e. The van der Waals surface area contributed by atoms with E-state index in [9.17, 15) is 9.59 Å². The van der Waals surface area contributed by atoms with E-state index >= 15 is 0 Å². The summed E-state index contributed by atoms with van der Waals surface area (Å²) in [5.74, 6) is -0.930. The van der Waals surface area contributed by atoms with Crippen molar-refractivity contribution in [1.29, 1.82) is 0 Å². The number of hydrogen-bond acceptors (Lipinski definition) is 4. The summed E-state index contributed by atoms with van der Waals surface area (Å²) in [6.07, 6.45) is 0.651. The Kier molecular flexibility index (Phi) is 5.31. The first kappa shape index (κ1) is 16.2. The van der Waals surface area contributed by atoms with E-state index < -0.39 is 5.60 Å². The third kappa shape index (κ3) is 4.37. The van der Waals surface area contributed by atoms with Crippen molar-refractivity contribution in [2.45, 2.75) is 45.6 Å². The predicted molar refractivity (Wildman–Crippen MR) is 76.7 cm³/mol. The Labute approximate surface area is 120 Å². The zero-order valence-corrected chi connectivity index (χ0v) is 12.7. The van der Waals surface area contributed by atoms with Crippen LogP contribution in [0.4, 0.5) is 0 Å². The van der Waals surface area contributed by atoms with Crippen molar-refractivity contribution in [3.05, 3.63) is 35.4 Å². The smallest absolute Gasteiger partial charge is 0.338 e. The second-order valence-corrected chi connectivity index (χ2v) is 5.61. The molecule has 1 rings (SSSR count). The van der Waals surface area contributed by atoms with Gasteiger partial charge in [-0.05, 0) is 44.9 Å². The molecule has 4 nitrogen and oxygen atoms in total. The zero-order chi connectivity index (χ0) is 15.3. The lowest BCUT2D eigenvalue weighted by Crippen LogP contribution is -2.23. The highest BCUT2D eigenvalue weighted by Gasteiger charge is 2.21. The van der Waals surface area contributed by atoms with E-state index in [-0.39, 0.29) is 17.9 Å². The minimum absolute atomic E-state index is 0.266. The predicted octanol–water partition coefficient (Wildman–Crippen LogP) is 3.31. The van der Waals surface area contributed by atoms with Crippen LogP contribution in [0.2, 0.25) is 0 Å². The van der Waals surface area contributed by atoms with Crippen molar-refractivity contribution in [2.24, 2.45) is 0 Å². The van der Waals surface area contributed by atoms with Crippen molar-refractivity contribution in [1.82, 2.24) is 0 Å². The summed E-state index contributed by atoms with van der Waals surface area (Å²) in [6, 6.07) is 6.89. The van der Waals surface area contributed by atoms with Gasteiger partial charge in [0.1, 0.15) is 5.60 Å². The van der Waals surface area contributed by atoms with Crippen LogP contribution in [0, 0.1) is 0 Å². The lowest BCUT2D eigenvalue weighted by atomic mass is 9.95. The Morgan fingerprint density at radius 3 is 2.10 bits per heavy atom. The molecule has 0 saturated heterocycles. The highest BCUT2D eigenvalue weighted by molar-refractivity contribution is 5.90. The molecule has 4 heteroatoms. The molecule has 1 atom stereocenters. The van der Waals surface area contributed by atoms with Crippen LogP contribution in [0.25, 0.3) is 0 Å². The van der Waals surface area contributed by atoms with Gasteiger partial charge in [-0.3, -0.25) is 4.79 Å². The lowest BCUT2D eigenvalue weighted by Gasteiger charge is -2.19. The molecule has 0 fully saturated rings. The van der Waals surface area contributed by atoms with Crippen LogP contribution < -0.4 is 0 Å². The van der Waals surface area contributed by atoms with E-state index in [2.05, 4.69) is 0 Å². The Bertz CT molecular complexity index is 468. The van der Waals surface area contributed by atoms with Gasteiger partial charge in [-0.15, -0.1) is 0 Å². The van der Waals surface area contributed by atoms with Gasteiger partial charge in [-0.1, -0.05) is 19.1 Å². The lowest BCUT2D eigenvalue weighted by molar-refractivity contribution is -0.142. The van der Waals surface area contributed by atoms with Gasteiger partial charge in [0.25, 0.3) is 0 Å². The van der Waals surface area contributed by atoms with Crippen LogP contribution in [0.15, 0.2) is 24.3 Å². The van der Waals surface area contributed by atoms with E-state index in [1.54, 1.807) is 24.3 Å². The van der Waals surface area contributed by atoms with Gasteiger partial charge >= 0.3 is 11.9 Å². The third-order valence-corrected chi connectivity index (χ3v) is 2.84. The van der Waals surface area contributed by atoms with Crippen LogP contribution in [0.3, 0.4) is 0 Å². The molecule has 0 aliphatic carbocycles. The normalized spacial score (nSPS) is 12.7. The van der Waals surface area contributed by atoms with Gasteiger partial charge in [0, 0.05) is 0 Å². The van der Waals surface area contributed by atoms with Crippen molar-refractivity contribution in [3.8, 4) is 0 Å². The van der Waals surface area contributed by atoms with Gasteiger partial charge < -0.3 is 9.47 Å². The fourth-order valence-corrected chi connectivity index (χ4v) is 1.87. The van der Waals surface area contributed by atoms with Gasteiger partial charge in [0.15, 0.2) is 0 Å². The van der Waals surface area contributed by atoms with E-state index in [0.29, 0.717) is 12.0 Å². The van der Waals surface area contributed by atoms with Crippen LogP contribution in [0.5, 0.6) is 0 Å². The monoisotopic (exact) mass is 278 g/mol. The number of esters is 2. The molecule has 0 aliphatic heterocycles. The second-order valence-electron chi connectivity index (χ2n) is 5.61. The Morgan fingerprint density at radius 1 is 1.15 bits per heavy atom. The number of benzene rings is 1. The second kappa shape index (κ2) is 6.55.